The molecule has 0 aliphatic rings. The first kappa shape index (κ1) is 15.4. The fourth-order valence-electron chi connectivity index (χ4n) is 0.595. The summed E-state index contributed by atoms with van der Waals surface area (Å²) < 4.78 is 5.31. The van der Waals surface area contributed by atoms with E-state index in [-0.39, 0.29) is 0 Å². The van der Waals surface area contributed by atoms with Gasteiger partial charge in [0.1, 0.15) is 0 Å². The van der Waals surface area contributed by atoms with E-state index >= 15 is 0 Å². The van der Waals surface area contributed by atoms with Crippen molar-refractivity contribution in [2.75, 3.05) is 19.8 Å². The molecule has 0 rings (SSSR count). The Labute approximate surface area is 83.3 Å². The lowest BCUT2D eigenvalue weighted by atomic mass is 10.3. The lowest BCUT2D eigenvalue weighted by Crippen LogP contribution is -1.95. The maximum atomic E-state index is 7.88. The second-order valence-electron chi connectivity index (χ2n) is 3.04. The molecule has 0 aromatic carbocycles. The van der Waals surface area contributed by atoms with E-state index in [0.29, 0.717) is 6.61 Å². The maximum absolute atomic E-state index is 7.88. The molecule has 0 unspecified atom stereocenters. The Morgan fingerprint density at radius 3 is 1.46 bits per heavy atom. The molecule has 0 aliphatic carbocycles. The molecular weight excluding hydrogens is 164 g/mol. The second-order valence-corrected chi connectivity index (χ2v) is 3.04. The average molecular weight is 190 g/mol. The van der Waals surface area contributed by atoms with Gasteiger partial charge in [-0.25, -0.2) is 0 Å². The standard InChI is InChI=1S/C8H18O.C3H8O/c1-3-5-7-9-8-6-4-2;1-2-3-4/h3-8H2,1-2H3;4H,2-3H2,1H3. The summed E-state index contributed by atoms with van der Waals surface area (Å²) in [5.41, 5.74) is 0. The van der Waals surface area contributed by atoms with Gasteiger partial charge in [-0.05, 0) is 19.3 Å². The van der Waals surface area contributed by atoms with Crippen molar-refractivity contribution in [1.82, 2.24) is 0 Å². The lowest BCUT2D eigenvalue weighted by Gasteiger charge is -1.99. The monoisotopic (exact) mass is 190 g/mol. The van der Waals surface area contributed by atoms with Crippen molar-refractivity contribution in [2.24, 2.45) is 0 Å². The van der Waals surface area contributed by atoms with Crippen molar-refractivity contribution in [3.8, 4) is 0 Å². The minimum atomic E-state index is 0.319. The summed E-state index contributed by atoms with van der Waals surface area (Å²) in [6.45, 7) is 8.53. The summed E-state index contributed by atoms with van der Waals surface area (Å²) in [6, 6.07) is 0. The fraction of sp³-hybridized carbons (Fsp3) is 1.00. The predicted octanol–water partition coefficient (Wildman–Crippen LogP) is 2.99. The van der Waals surface area contributed by atoms with E-state index in [1.165, 1.54) is 25.7 Å². The summed E-state index contributed by atoms with van der Waals surface area (Å²) in [5, 5.41) is 7.88. The molecule has 0 amide bonds. The Kier molecular flexibility index (Phi) is 21.2. The van der Waals surface area contributed by atoms with Gasteiger partial charge in [0.2, 0.25) is 0 Å². The largest absolute Gasteiger partial charge is 0.396 e. The summed E-state index contributed by atoms with van der Waals surface area (Å²) in [6.07, 6.45) is 5.78. The zero-order valence-corrected chi connectivity index (χ0v) is 9.51. The van der Waals surface area contributed by atoms with Gasteiger partial charge >= 0.3 is 0 Å². The van der Waals surface area contributed by atoms with Crippen LogP contribution in [0.3, 0.4) is 0 Å². The van der Waals surface area contributed by atoms with Crippen LogP contribution >= 0.6 is 0 Å². The topological polar surface area (TPSA) is 29.5 Å². The van der Waals surface area contributed by atoms with Crippen LogP contribution in [-0.4, -0.2) is 24.9 Å². The molecule has 0 saturated heterocycles. The highest BCUT2D eigenvalue weighted by Crippen LogP contribution is 1.91. The normalized spacial score (nSPS) is 9.23. The molecule has 0 atom stereocenters. The van der Waals surface area contributed by atoms with Gasteiger partial charge in [-0.3, -0.25) is 0 Å². The van der Waals surface area contributed by atoms with Crippen molar-refractivity contribution >= 4 is 0 Å². The molecule has 0 aromatic heterocycles. The Balaban J connectivity index is 0. The molecule has 0 fully saturated rings. The first-order valence-electron chi connectivity index (χ1n) is 5.51. The van der Waals surface area contributed by atoms with Crippen LogP contribution in [0.4, 0.5) is 0 Å². The zero-order valence-electron chi connectivity index (χ0n) is 9.51. The van der Waals surface area contributed by atoms with E-state index in [1.807, 2.05) is 6.92 Å². The summed E-state index contributed by atoms with van der Waals surface area (Å²) >= 11 is 0. The lowest BCUT2D eigenvalue weighted by molar-refractivity contribution is 0.128. The molecule has 0 saturated carbocycles. The molecule has 82 valence electrons. The zero-order chi connectivity index (χ0) is 10.4. The van der Waals surface area contributed by atoms with E-state index in [1.54, 1.807) is 0 Å². The molecule has 1 N–H and O–H groups in total. The molecule has 0 bridgehead atoms. The number of rotatable bonds is 7. The van der Waals surface area contributed by atoms with Gasteiger partial charge in [0.15, 0.2) is 0 Å². The van der Waals surface area contributed by atoms with Crippen molar-refractivity contribution < 1.29 is 9.84 Å². The van der Waals surface area contributed by atoms with Crippen LogP contribution in [0.5, 0.6) is 0 Å². The fourth-order valence-corrected chi connectivity index (χ4v) is 0.595. The highest BCUT2D eigenvalue weighted by atomic mass is 16.5. The molecule has 13 heavy (non-hydrogen) atoms. The summed E-state index contributed by atoms with van der Waals surface area (Å²) in [4.78, 5) is 0. The Hall–Kier alpha value is -0.0800. The van der Waals surface area contributed by atoms with Crippen LogP contribution in [0, 0.1) is 0 Å². The van der Waals surface area contributed by atoms with Crippen molar-refractivity contribution in [1.29, 1.82) is 0 Å². The highest BCUT2D eigenvalue weighted by Gasteiger charge is 1.84. The number of unbranched alkanes of at least 4 members (excludes halogenated alkanes) is 2. The van der Waals surface area contributed by atoms with E-state index in [0.717, 1.165) is 19.6 Å². The van der Waals surface area contributed by atoms with Crippen molar-refractivity contribution in [3.63, 3.8) is 0 Å². The Morgan fingerprint density at radius 2 is 1.23 bits per heavy atom. The molecule has 0 spiro atoms. The Bertz CT molecular complexity index is 57.1. The van der Waals surface area contributed by atoms with Crippen LogP contribution < -0.4 is 0 Å². The predicted molar refractivity (Wildman–Crippen MR) is 58.0 cm³/mol. The van der Waals surface area contributed by atoms with E-state index in [4.69, 9.17) is 9.84 Å². The molecular formula is C11H26O2. The first-order valence-corrected chi connectivity index (χ1v) is 5.51. The molecule has 0 radical (unpaired) electrons. The number of aliphatic hydroxyl groups is 1. The smallest absolute Gasteiger partial charge is 0.0465 e. The summed E-state index contributed by atoms with van der Waals surface area (Å²) in [7, 11) is 0. The molecule has 0 heterocycles. The minimum absolute atomic E-state index is 0.319. The van der Waals surface area contributed by atoms with Gasteiger partial charge in [0, 0.05) is 19.8 Å². The van der Waals surface area contributed by atoms with E-state index in [9.17, 15) is 0 Å². The van der Waals surface area contributed by atoms with Crippen molar-refractivity contribution in [2.45, 2.75) is 52.9 Å². The number of hydrogen-bond donors (Lipinski definition) is 1. The van der Waals surface area contributed by atoms with Gasteiger partial charge in [0.05, 0.1) is 0 Å². The van der Waals surface area contributed by atoms with Crippen LogP contribution in [0.15, 0.2) is 0 Å². The van der Waals surface area contributed by atoms with E-state index in [2.05, 4.69) is 13.8 Å². The molecule has 0 aliphatic heterocycles. The highest BCUT2D eigenvalue weighted by molar-refractivity contribution is 4.33. The van der Waals surface area contributed by atoms with Crippen LogP contribution in [0.1, 0.15) is 52.9 Å². The molecule has 0 aromatic rings. The van der Waals surface area contributed by atoms with Gasteiger partial charge in [-0.2, -0.15) is 0 Å². The van der Waals surface area contributed by atoms with Crippen LogP contribution in [0.2, 0.25) is 0 Å². The number of aliphatic hydroxyl groups excluding tert-OH is 1. The minimum Gasteiger partial charge on any atom is -0.396 e. The van der Waals surface area contributed by atoms with Gasteiger partial charge in [-0.15, -0.1) is 0 Å². The van der Waals surface area contributed by atoms with E-state index < -0.39 is 0 Å². The van der Waals surface area contributed by atoms with Gasteiger partial charge in [0.25, 0.3) is 0 Å². The third-order valence-corrected chi connectivity index (χ3v) is 1.51. The summed E-state index contributed by atoms with van der Waals surface area (Å²) in [5.74, 6) is 0. The third-order valence-electron chi connectivity index (χ3n) is 1.51. The first-order chi connectivity index (χ1) is 6.33. The average Bonchev–Trinajstić information content (AvgIpc) is 2.18. The molecule has 2 nitrogen and oxygen atoms in total. The van der Waals surface area contributed by atoms with Crippen LogP contribution in [-0.2, 0) is 4.74 Å². The molecule has 2 heteroatoms. The SMILES string of the molecule is CCCCOCCCC.CCCO. The quantitative estimate of drug-likeness (QED) is 0.625. The van der Waals surface area contributed by atoms with Crippen LogP contribution in [0.25, 0.3) is 0 Å². The number of ether oxygens (including phenoxy) is 1. The number of hydrogen-bond acceptors (Lipinski definition) is 2. The van der Waals surface area contributed by atoms with Crippen molar-refractivity contribution in [3.05, 3.63) is 0 Å². The van der Waals surface area contributed by atoms with Gasteiger partial charge in [-0.1, -0.05) is 33.6 Å². The second kappa shape index (κ2) is 17.9. The Morgan fingerprint density at radius 1 is 0.846 bits per heavy atom. The third kappa shape index (κ3) is 24.5. The van der Waals surface area contributed by atoms with Gasteiger partial charge < -0.3 is 9.84 Å². The maximum Gasteiger partial charge on any atom is 0.0465 e.